The lowest BCUT2D eigenvalue weighted by Crippen LogP contribution is -2.27. The molecule has 3 rings (SSSR count). The van der Waals surface area contributed by atoms with Crippen LogP contribution in [0.1, 0.15) is 19.4 Å². The molecule has 0 radical (unpaired) electrons. The lowest BCUT2D eigenvalue weighted by atomic mass is 9.82. The third-order valence-electron chi connectivity index (χ3n) is 4.51. The zero-order valence-electron chi connectivity index (χ0n) is 15.2. The van der Waals surface area contributed by atoms with Crippen LogP contribution in [0.5, 0.6) is 5.75 Å². The Hall–Kier alpha value is -2.90. The van der Waals surface area contributed by atoms with Crippen molar-refractivity contribution in [3.05, 3.63) is 48.0 Å². The highest BCUT2D eigenvalue weighted by Crippen LogP contribution is 2.40. The summed E-state index contributed by atoms with van der Waals surface area (Å²) in [5.41, 5.74) is 6.49. The summed E-state index contributed by atoms with van der Waals surface area (Å²) in [5, 5.41) is 14.9. The number of hydrogen-bond donors (Lipinski definition) is 2. The molecule has 2 aromatic carbocycles. The molecular weight excluding hydrogens is 332 g/mol. The second kappa shape index (κ2) is 7.15. The van der Waals surface area contributed by atoms with Gasteiger partial charge in [0.1, 0.15) is 5.75 Å². The van der Waals surface area contributed by atoms with Gasteiger partial charge in [-0.1, -0.05) is 13.8 Å². The van der Waals surface area contributed by atoms with Gasteiger partial charge in [0.2, 0.25) is 0 Å². The Morgan fingerprint density at radius 2 is 1.92 bits per heavy atom. The summed E-state index contributed by atoms with van der Waals surface area (Å²) in [5.74, 6) is 0.805. The summed E-state index contributed by atoms with van der Waals surface area (Å²) in [6.45, 7) is 4.17. The first kappa shape index (κ1) is 17.9. The Balaban J connectivity index is 1.80. The summed E-state index contributed by atoms with van der Waals surface area (Å²) in [6.07, 6.45) is 1.78. The number of methoxy groups -OCH3 is 1. The van der Waals surface area contributed by atoms with Gasteiger partial charge < -0.3 is 4.74 Å². The van der Waals surface area contributed by atoms with Gasteiger partial charge in [0.25, 0.3) is 0 Å². The molecule has 1 heterocycles. The smallest absolute Gasteiger partial charge is 0.119 e. The van der Waals surface area contributed by atoms with E-state index in [0.29, 0.717) is 5.69 Å². The number of rotatable bonds is 6. The second-order valence-corrected chi connectivity index (χ2v) is 6.51. The molecule has 0 amide bonds. The van der Waals surface area contributed by atoms with Crippen LogP contribution in [-0.2, 0) is 10.4 Å². The summed E-state index contributed by atoms with van der Waals surface area (Å²) < 4.78 is 5.17. The third kappa shape index (κ3) is 3.40. The maximum absolute atomic E-state index is 8.56. The van der Waals surface area contributed by atoms with Gasteiger partial charge in [0, 0.05) is 12.5 Å². The van der Waals surface area contributed by atoms with Crippen LogP contribution in [0.3, 0.4) is 0 Å². The third-order valence-corrected chi connectivity index (χ3v) is 4.51. The summed E-state index contributed by atoms with van der Waals surface area (Å²) in [7, 11) is 3.52. The van der Waals surface area contributed by atoms with Gasteiger partial charge in [-0.05, 0) is 48.0 Å². The molecule has 7 nitrogen and oxygen atoms in total. The first-order valence-electron chi connectivity index (χ1n) is 8.17. The summed E-state index contributed by atoms with van der Waals surface area (Å²) in [4.78, 5) is 8.69. The van der Waals surface area contributed by atoms with Gasteiger partial charge in [-0.2, -0.15) is 5.10 Å². The van der Waals surface area contributed by atoms with E-state index in [1.807, 2.05) is 43.4 Å². The minimum Gasteiger partial charge on any atom is -0.497 e. The number of hydrazone groups is 1. The van der Waals surface area contributed by atoms with E-state index in [0.717, 1.165) is 28.4 Å². The molecule has 0 fully saturated rings. The molecule has 0 saturated heterocycles. The van der Waals surface area contributed by atoms with Gasteiger partial charge in [0.15, 0.2) is 0 Å². The largest absolute Gasteiger partial charge is 0.497 e. The first-order valence-corrected chi connectivity index (χ1v) is 8.17. The van der Waals surface area contributed by atoms with Crippen LogP contribution in [0.15, 0.2) is 52.6 Å². The minimum absolute atomic E-state index is 0.313. The minimum atomic E-state index is -0.313. The van der Waals surface area contributed by atoms with Gasteiger partial charge in [0.05, 0.1) is 36.1 Å². The lowest BCUT2D eigenvalue weighted by molar-refractivity contribution is -0.215. The quantitative estimate of drug-likeness (QED) is 0.466. The molecule has 1 aliphatic heterocycles. The van der Waals surface area contributed by atoms with Crippen LogP contribution in [0.2, 0.25) is 0 Å². The van der Waals surface area contributed by atoms with E-state index in [2.05, 4.69) is 34.4 Å². The number of aliphatic imine (C=N–C) groups is 1. The molecule has 26 heavy (non-hydrogen) atoms. The fourth-order valence-corrected chi connectivity index (χ4v) is 2.85. The van der Waals surface area contributed by atoms with Crippen molar-refractivity contribution in [2.75, 3.05) is 24.6 Å². The molecular formula is C19H22N4O3. The Labute approximate surface area is 152 Å². The zero-order valence-corrected chi connectivity index (χ0v) is 15.2. The molecule has 136 valence electrons. The number of anilines is 2. The molecule has 0 unspecified atom stereocenters. The summed E-state index contributed by atoms with van der Waals surface area (Å²) >= 11 is 0. The topological polar surface area (TPSA) is 78.7 Å². The van der Waals surface area contributed by atoms with E-state index < -0.39 is 0 Å². The number of hydrogen-bond acceptors (Lipinski definition) is 7. The van der Waals surface area contributed by atoms with Crippen molar-refractivity contribution in [2.45, 2.75) is 19.3 Å². The van der Waals surface area contributed by atoms with Gasteiger partial charge >= 0.3 is 0 Å². The van der Waals surface area contributed by atoms with Crippen LogP contribution in [-0.4, -0.2) is 31.3 Å². The normalized spacial score (nSPS) is 14.9. The monoisotopic (exact) mass is 354 g/mol. The van der Waals surface area contributed by atoms with E-state index >= 15 is 0 Å². The van der Waals surface area contributed by atoms with Crippen molar-refractivity contribution in [1.29, 1.82) is 0 Å². The van der Waals surface area contributed by atoms with Crippen molar-refractivity contribution in [1.82, 2.24) is 0 Å². The maximum atomic E-state index is 8.56. The number of benzene rings is 2. The van der Waals surface area contributed by atoms with E-state index in [9.17, 15) is 0 Å². The highest BCUT2D eigenvalue weighted by molar-refractivity contribution is 6.36. The van der Waals surface area contributed by atoms with E-state index in [1.54, 1.807) is 24.4 Å². The van der Waals surface area contributed by atoms with Crippen molar-refractivity contribution in [3.8, 4) is 5.75 Å². The number of nitrogens with zero attached hydrogens (tertiary/aromatic N) is 3. The first-order chi connectivity index (χ1) is 12.5. The van der Waals surface area contributed by atoms with Gasteiger partial charge in [-0.25, -0.2) is 10.7 Å². The number of ether oxygens (including phenoxy) is 1. The predicted octanol–water partition coefficient (Wildman–Crippen LogP) is 4.00. The van der Waals surface area contributed by atoms with Crippen LogP contribution >= 0.6 is 0 Å². The molecule has 1 aliphatic rings. The van der Waals surface area contributed by atoms with Crippen LogP contribution in [0.25, 0.3) is 0 Å². The average molecular weight is 354 g/mol. The average Bonchev–Trinajstić information content (AvgIpc) is 2.90. The highest BCUT2D eigenvalue weighted by atomic mass is 17.2. The van der Waals surface area contributed by atoms with Crippen molar-refractivity contribution in [3.63, 3.8) is 0 Å². The Kier molecular flexibility index (Phi) is 4.92. The van der Waals surface area contributed by atoms with E-state index in [1.165, 1.54) is 0 Å². The lowest BCUT2D eigenvalue weighted by Gasteiger charge is -2.21. The Bertz CT molecular complexity index is 844. The van der Waals surface area contributed by atoms with Crippen molar-refractivity contribution < 1.29 is 15.0 Å². The van der Waals surface area contributed by atoms with Gasteiger partial charge in [-0.15, -0.1) is 4.99 Å². The molecule has 7 heteroatoms. The van der Waals surface area contributed by atoms with Crippen LogP contribution in [0, 0.1) is 0 Å². The second-order valence-electron chi connectivity index (χ2n) is 6.51. The maximum Gasteiger partial charge on any atom is 0.119 e. The molecule has 0 aromatic heterocycles. The van der Waals surface area contributed by atoms with Crippen molar-refractivity contribution >= 4 is 29.0 Å². The Morgan fingerprint density at radius 1 is 1.19 bits per heavy atom. The summed E-state index contributed by atoms with van der Waals surface area (Å²) in [6, 6.07) is 13.3. The predicted molar refractivity (Wildman–Crippen MR) is 104 cm³/mol. The Morgan fingerprint density at radius 3 is 2.58 bits per heavy atom. The molecule has 2 N–H and O–H groups in total. The number of nitrogens with one attached hydrogen (secondary N) is 1. The van der Waals surface area contributed by atoms with E-state index in [4.69, 9.17) is 9.99 Å². The fourth-order valence-electron chi connectivity index (χ4n) is 2.85. The molecule has 0 bridgehead atoms. The molecule has 2 aromatic rings. The van der Waals surface area contributed by atoms with Crippen molar-refractivity contribution in [2.24, 2.45) is 10.1 Å². The van der Waals surface area contributed by atoms with Crippen LogP contribution in [0.4, 0.5) is 17.1 Å². The number of fused-ring (bicyclic) bond motifs is 1. The fraction of sp³-hybridized carbons (Fsp3) is 0.263. The van der Waals surface area contributed by atoms with E-state index in [-0.39, 0.29) is 5.41 Å². The zero-order chi connectivity index (χ0) is 18.7. The molecule has 0 atom stereocenters. The molecule has 0 spiro atoms. The van der Waals surface area contributed by atoms with Crippen LogP contribution < -0.4 is 15.2 Å². The highest BCUT2D eigenvalue weighted by Gasteiger charge is 2.34. The molecule has 0 saturated carbocycles. The van der Waals surface area contributed by atoms with Gasteiger partial charge in [-0.3, -0.25) is 10.0 Å². The SMILES string of the molecule is COc1ccc(N(C)N=CC2=Nc3ccc(NOO)cc3C2(C)C)cc1. The standard InChI is InChI=1S/C19H22N4O3/c1-19(2)16-11-13(22-26-24)5-10-17(16)21-18(19)12-20-23(3)14-6-8-15(25-4)9-7-14/h5-12,22,24H,1-4H3. The molecule has 0 aliphatic carbocycles.